The Bertz CT molecular complexity index is 439. The fourth-order valence-corrected chi connectivity index (χ4v) is 3.23. The molecular formula is C16H34O6S2. The summed E-state index contributed by atoms with van der Waals surface area (Å²) in [5, 5.41) is 0. The van der Waals surface area contributed by atoms with Crippen molar-refractivity contribution in [1.82, 2.24) is 0 Å². The molecule has 0 aliphatic heterocycles. The number of hydrogen-bond donors (Lipinski definition) is 0. The first kappa shape index (κ1) is 23.8. The van der Waals surface area contributed by atoms with E-state index in [2.05, 4.69) is 8.37 Å². The fraction of sp³-hybridized carbons (Fsp3) is 1.00. The molecule has 0 radical (unpaired) electrons. The van der Waals surface area contributed by atoms with E-state index in [9.17, 15) is 16.8 Å². The van der Waals surface area contributed by atoms with E-state index in [1.54, 1.807) is 0 Å². The summed E-state index contributed by atoms with van der Waals surface area (Å²) in [5.74, 6) is 0. The molecule has 0 unspecified atom stereocenters. The smallest absolute Gasteiger partial charge is 0.264 e. The predicted molar refractivity (Wildman–Crippen MR) is 97.0 cm³/mol. The highest BCUT2D eigenvalue weighted by Gasteiger charge is 2.01. The number of hydrogen-bond acceptors (Lipinski definition) is 6. The molecule has 8 heteroatoms. The van der Waals surface area contributed by atoms with E-state index in [-0.39, 0.29) is 0 Å². The van der Waals surface area contributed by atoms with Crippen molar-refractivity contribution < 1.29 is 25.2 Å². The zero-order valence-corrected chi connectivity index (χ0v) is 16.8. The van der Waals surface area contributed by atoms with Gasteiger partial charge in [-0.2, -0.15) is 16.8 Å². The highest BCUT2D eigenvalue weighted by atomic mass is 32.2. The summed E-state index contributed by atoms with van der Waals surface area (Å²) >= 11 is 0. The lowest BCUT2D eigenvalue weighted by atomic mass is 10.1. The standard InChI is InChI=1S/C16H34O6S2/c1-23(17,18)21-15-13-11-9-7-5-3-4-6-8-10-12-14-16-22-24(2,19)20/h3-16H2,1-2H3. The van der Waals surface area contributed by atoms with E-state index in [1.807, 2.05) is 0 Å². The SMILES string of the molecule is CS(=O)(=O)OCCCCCCCCCCCCCCOS(C)(=O)=O. The van der Waals surface area contributed by atoms with Crippen LogP contribution in [0, 0.1) is 0 Å². The molecular weight excluding hydrogens is 352 g/mol. The second-order valence-corrected chi connectivity index (χ2v) is 9.58. The Morgan fingerprint density at radius 3 is 0.875 bits per heavy atom. The van der Waals surface area contributed by atoms with Crippen molar-refractivity contribution in [2.75, 3.05) is 25.7 Å². The van der Waals surface area contributed by atoms with E-state index >= 15 is 0 Å². The Morgan fingerprint density at radius 2 is 0.667 bits per heavy atom. The van der Waals surface area contributed by atoms with Crippen LogP contribution in [0.1, 0.15) is 77.0 Å². The van der Waals surface area contributed by atoms with Crippen molar-refractivity contribution in [2.45, 2.75) is 77.0 Å². The molecule has 0 saturated heterocycles. The van der Waals surface area contributed by atoms with Gasteiger partial charge >= 0.3 is 0 Å². The summed E-state index contributed by atoms with van der Waals surface area (Å²) in [4.78, 5) is 0. The summed E-state index contributed by atoms with van der Waals surface area (Å²) in [6.45, 7) is 0.599. The molecule has 6 nitrogen and oxygen atoms in total. The molecule has 24 heavy (non-hydrogen) atoms. The average molecular weight is 387 g/mol. The van der Waals surface area contributed by atoms with Gasteiger partial charge in [-0.3, -0.25) is 8.37 Å². The highest BCUT2D eigenvalue weighted by Crippen LogP contribution is 2.12. The molecule has 0 saturated carbocycles. The zero-order valence-electron chi connectivity index (χ0n) is 15.2. The third kappa shape index (κ3) is 21.8. The van der Waals surface area contributed by atoms with Crippen molar-refractivity contribution in [2.24, 2.45) is 0 Å². The minimum absolute atomic E-state index is 0.300. The lowest BCUT2D eigenvalue weighted by molar-refractivity contribution is 0.308. The summed E-state index contributed by atoms with van der Waals surface area (Å²) < 4.78 is 52.4. The normalized spacial score (nSPS) is 12.6. The van der Waals surface area contributed by atoms with Crippen LogP contribution in [0.5, 0.6) is 0 Å². The van der Waals surface area contributed by atoms with Crippen molar-refractivity contribution in [3.63, 3.8) is 0 Å². The molecule has 0 spiro atoms. The Kier molecular flexibility index (Phi) is 13.9. The molecule has 0 aromatic rings. The Labute approximate surface area is 148 Å². The van der Waals surface area contributed by atoms with Gasteiger partial charge in [0.1, 0.15) is 0 Å². The molecule has 0 rings (SSSR count). The Hall–Kier alpha value is -0.180. The topological polar surface area (TPSA) is 86.7 Å². The number of rotatable bonds is 17. The molecule has 0 fully saturated rings. The van der Waals surface area contributed by atoms with Gasteiger partial charge in [-0.1, -0.05) is 64.2 Å². The first-order chi connectivity index (χ1) is 11.2. The van der Waals surface area contributed by atoms with Gasteiger partial charge in [-0.15, -0.1) is 0 Å². The maximum Gasteiger partial charge on any atom is 0.264 e. The van der Waals surface area contributed by atoms with Crippen LogP contribution in [0.4, 0.5) is 0 Å². The van der Waals surface area contributed by atoms with Crippen LogP contribution in [0.15, 0.2) is 0 Å². The van der Waals surface area contributed by atoms with Crippen LogP contribution in [-0.4, -0.2) is 42.6 Å². The lowest BCUT2D eigenvalue weighted by Crippen LogP contribution is -2.03. The molecule has 0 heterocycles. The van der Waals surface area contributed by atoms with Crippen molar-refractivity contribution in [1.29, 1.82) is 0 Å². The molecule has 0 aromatic carbocycles. The highest BCUT2D eigenvalue weighted by molar-refractivity contribution is 7.86. The lowest BCUT2D eigenvalue weighted by Gasteiger charge is -2.04. The Morgan fingerprint density at radius 1 is 0.458 bits per heavy atom. The van der Waals surface area contributed by atoms with Gasteiger partial charge in [0.15, 0.2) is 0 Å². The molecule has 146 valence electrons. The van der Waals surface area contributed by atoms with Gasteiger partial charge in [0.2, 0.25) is 0 Å². The maximum atomic E-state index is 10.8. The van der Waals surface area contributed by atoms with Crippen LogP contribution < -0.4 is 0 Å². The maximum absolute atomic E-state index is 10.8. The van der Waals surface area contributed by atoms with Crippen LogP contribution in [0.2, 0.25) is 0 Å². The van der Waals surface area contributed by atoms with E-state index < -0.39 is 20.2 Å². The molecule has 0 atom stereocenters. The first-order valence-corrected chi connectivity index (χ1v) is 12.5. The first-order valence-electron chi connectivity index (χ1n) is 8.89. The monoisotopic (exact) mass is 386 g/mol. The molecule has 0 aliphatic carbocycles. The van der Waals surface area contributed by atoms with Crippen LogP contribution in [0.3, 0.4) is 0 Å². The fourth-order valence-electron chi connectivity index (χ4n) is 2.39. The molecule has 0 N–H and O–H groups in total. The van der Waals surface area contributed by atoms with Crippen molar-refractivity contribution in [3.05, 3.63) is 0 Å². The second-order valence-electron chi connectivity index (χ2n) is 6.29. The molecule has 0 bridgehead atoms. The van der Waals surface area contributed by atoms with Crippen molar-refractivity contribution in [3.8, 4) is 0 Å². The van der Waals surface area contributed by atoms with Crippen molar-refractivity contribution >= 4 is 20.2 Å². The third-order valence-electron chi connectivity index (χ3n) is 3.63. The molecule has 0 aliphatic rings. The van der Waals surface area contributed by atoms with Gasteiger partial charge < -0.3 is 0 Å². The van der Waals surface area contributed by atoms with Crippen LogP contribution >= 0.6 is 0 Å². The van der Waals surface area contributed by atoms with Crippen LogP contribution in [0.25, 0.3) is 0 Å². The zero-order chi connectivity index (χ0) is 18.3. The minimum atomic E-state index is -3.28. The van der Waals surface area contributed by atoms with E-state index in [4.69, 9.17) is 0 Å². The summed E-state index contributed by atoms with van der Waals surface area (Å²) in [6.07, 6.45) is 15.4. The third-order valence-corrected chi connectivity index (χ3v) is 4.82. The van der Waals surface area contributed by atoms with Gasteiger partial charge in [-0.05, 0) is 12.8 Å². The summed E-state index contributed by atoms with van der Waals surface area (Å²) in [5.41, 5.74) is 0. The van der Waals surface area contributed by atoms with Gasteiger partial charge in [0.25, 0.3) is 20.2 Å². The van der Waals surface area contributed by atoms with Gasteiger partial charge in [0, 0.05) is 0 Å². The second kappa shape index (κ2) is 14.0. The quantitative estimate of drug-likeness (QED) is 0.280. The largest absolute Gasteiger partial charge is 0.270 e. The van der Waals surface area contributed by atoms with Crippen LogP contribution in [-0.2, 0) is 28.6 Å². The van der Waals surface area contributed by atoms with E-state index in [0.717, 1.165) is 51.0 Å². The number of unbranched alkanes of at least 4 members (excludes halogenated alkanes) is 11. The Balaban J connectivity index is 3.13. The average Bonchev–Trinajstić information content (AvgIpc) is 2.44. The van der Waals surface area contributed by atoms with E-state index in [0.29, 0.717) is 13.2 Å². The minimum Gasteiger partial charge on any atom is -0.270 e. The molecule has 0 aromatic heterocycles. The summed E-state index contributed by atoms with van der Waals surface area (Å²) in [6, 6.07) is 0. The summed E-state index contributed by atoms with van der Waals surface area (Å²) in [7, 11) is -6.56. The van der Waals surface area contributed by atoms with E-state index in [1.165, 1.54) is 38.5 Å². The van der Waals surface area contributed by atoms with Gasteiger partial charge in [-0.25, -0.2) is 0 Å². The molecule has 0 amide bonds. The van der Waals surface area contributed by atoms with Gasteiger partial charge in [0.05, 0.1) is 25.7 Å². The predicted octanol–water partition coefficient (Wildman–Crippen LogP) is 3.62.